The average molecular weight is 73.1 g/mol. The van der Waals surface area contributed by atoms with E-state index in [1.54, 1.807) is 0 Å². The molecule has 2 heteroatoms. The molecule has 2 nitrogen and oxygen atoms in total. The number of nitrogens with one attached hydrogen (secondary N) is 1. The quantitative estimate of drug-likeness (QED) is 0.385. The van der Waals surface area contributed by atoms with E-state index in [-0.39, 0.29) is 5.91 Å². The van der Waals surface area contributed by atoms with E-state index in [0.717, 1.165) is 0 Å². The van der Waals surface area contributed by atoms with Crippen molar-refractivity contribution in [2.24, 2.45) is 0 Å². The largest absolute Gasteiger partial charge is 0.356 e. The van der Waals surface area contributed by atoms with E-state index in [1.165, 1.54) is 0 Å². The lowest BCUT2D eigenvalue weighted by molar-refractivity contribution is -0.125. The molecule has 1 amide bonds. The van der Waals surface area contributed by atoms with Crippen molar-refractivity contribution in [1.29, 1.82) is 0 Å². The molecule has 1 saturated heterocycles. The second-order valence-corrected chi connectivity index (χ2v) is 0.842. The first-order valence-electron chi connectivity index (χ1n) is 2.52. The molecule has 0 aromatic heterocycles. The maximum atomic E-state index is 10.0. The molecule has 1 aliphatic heterocycles. The Morgan fingerprint density at radius 1 is 2.20 bits per heavy atom. The molecule has 2 atom stereocenters. The second kappa shape index (κ2) is 0.708. The summed E-state index contributed by atoms with van der Waals surface area (Å²) in [7, 11) is 0. The van der Waals surface area contributed by atoms with Gasteiger partial charge in [-0.05, 0) is 0 Å². The Morgan fingerprint density at radius 2 is 3.00 bits per heavy atom. The van der Waals surface area contributed by atoms with Gasteiger partial charge in [0.2, 0.25) is 5.91 Å². The topological polar surface area (TPSA) is 29.1 Å². The minimum Gasteiger partial charge on any atom is -0.356 e. The number of hydrogen-bond acceptors (Lipinski definition) is 1. The van der Waals surface area contributed by atoms with Gasteiger partial charge in [-0.25, -0.2) is 0 Å². The molecule has 1 fully saturated rings. The lowest BCUT2D eigenvalue weighted by Gasteiger charge is -2.10. The first kappa shape index (κ1) is 1.29. The van der Waals surface area contributed by atoms with Crippen LogP contribution in [-0.2, 0) is 4.79 Å². The van der Waals surface area contributed by atoms with Gasteiger partial charge < -0.3 is 5.32 Å². The van der Waals surface area contributed by atoms with Crippen molar-refractivity contribution in [3.63, 3.8) is 0 Å². The third-order valence-corrected chi connectivity index (χ3v) is 0.460. The van der Waals surface area contributed by atoms with Crippen LogP contribution in [0.15, 0.2) is 0 Å². The molecule has 0 unspecified atom stereocenters. The van der Waals surface area contributed by atoms with Gasteiger partial charge in [0.15, 0.2) is 0 Å². The number of rotatable bonds is 0. The van der Waals surface area contributed by atoms with Gasteiger partial charge in [-0.3, -0.25) is 4.79 Å². The first-order chi connectivity index (χ1) is 3.22. The summed E-state index contributed by atoms with van der Waals surface area (Å²) in [6, 6.07) is 0. The minimum atomic E-state index is -0.833. The molecule has 0 bridgehead atoms. The highest BCUT2D eigenvalue weighted by Gasteiger charge is 2.07. The van der Waals surface area contributed by atoms with Crippen LogP contribution >= 0.6 is 0 Å². The van der Waals surface area contributed by atoms with Gasteiger partial charge >= 0.3 is 0 Å². The standard InChI is InChI=1S/C3H5NO/c5-3-1-2-4-3/h1-2H2,(H,4,5)/i1D,2D/t1-,2+/m0/s1. The van der Waals surface area contributed by atoms with E-state index >= 15 is 0 Å². The molecule has 0 saturated carbocycles. The smallest absolute Gasteiger partial charge is 0.221 e. The van der Waals surface area contributed by atoms with Crippen molar-refractivity contribution in [2.75, 3.05) is 6.52 Å². The Hall–Kier alpha value is -0.530. The Balaban J connectivity index is 2.43. The fraction of sp³-hybridized carbons (Fsp3) is 0.667. The summed E-state index contributed by atoms with van der Waals surface area (Å²) < 4.78 is 13.5. The number of carbonyl (C=O) groups is 1. The van der Waals surface area contributed by atoms with Crippen LogP contribution in [0.5, 0.6) is 0 Å². The minimum absolute atomic E-state index is 0.333. The van der Waals surface area contributed by atoms with E-state index in [9.17, 15) is 4.79 Å². The van der Waals surface area contributed by atoms with E-state index < -0.39 is 12.9 Å². The Morgan fingerprint density at radius 3 is 3.00 bits per heavy atom. The molecule has 1 N–H and O–H groups in total. The van der Waals surface area contributed by atoms with Crippen LogP contribution in [0.2, 0.25) is 0 Å². The fourth-order valence-electron chi connectivity index (χ4n) is 0.151. The highest BCUT2D eigenvalue weighted by atomic mass is 16.2. The maximum Gasteiger partial charge on any atom is 0.221 e. The molecule has 1 aliphatic rings. The van der Waals surface area contributed by atoms with Gasteiger partial charge in [-0.15, -0.1) is 0 Å². The zero-order valence-corrected chi connectivity index (χ0v) is 2.56. The summed E-state index contributed by atoms with van der Waals surface area (Å²) >= 11 is 0. The Kier molecular flexibility index (Phi) is 0.182. The number of hydrogen-bond donors (Lipinski definition) is 1. The lowest BCUT2D eigenvalue weighted by atomic mass is 10.3. The molecule has 0 aliphatic carbocycles. The van der Waals surface area contributed by atoms with E-state index in [4.69, 9.17) is 2.74 Å². The Labute approximate surface area is 33.0 Å². The molecule has 1 heterocycles. The van der Waals surface area contributed by atoms with Crippen LogP contribution in [-0.4, -0.2) is 12.4 Å². The third kappa shape index (κ3) is 0.251. The molecular formula is C3H5NO. The predicted octanol–water partition coefficient (Wildman–Crippen LogP) is -0.494. The molecule has 28 valence electrons. The third-order valence-electron chi connectivity index (χ3n) is 0.460. The summed E-state index contributed by atoms with van der Waals surface area (Å²) in [5, 5.41) is 2.20. The summed E-state index contributed by atoms with van der Waals surface area (Å²) in [4.78, 5) is 10.0. The van der Waals surface area contributed by atoms with Crippen molar-refractivity contribution >= 4 is 5.91 Å². The van der Waals surface area contributed by atoms with Crippen LogP contribution < -0.4 is 5.32 Å². The van der Waals surface area contributed by atoms with Crippen LogP contribution in [0.25, 0.3) is 0 Å². The summed E-state index contributed by atoms with van der Waals surface area (Å²) in [5.74, 6) is -0.333. The number of β-lactam (4-membered cyclic amide) rings is 1. The monoisotopic (exact) mass is 73.0 g/mol. The number of amides is 1. The maximum absolute atomic E-state index is 10.0. The van der Waals surface area contributed by atoms with Crippen LogP contribution in [0, 0.1) is 0 Å². The van der Waals surface area contributed by atoms with E-state index in [0.29, 0.717) is 0 Å². The van der Waals surface area contributed by atoms with E-state index in [2.05, 4.69) is 5.32 Å². The molecule has 1 rings (SSSR count). The van der Waals surface area contributed by atoms with Gasteiger partial charge in [-0.1, -0.05) is 0 Å². The van der Waals surface area contributed by atoms with Gasteiger partial charge in [0.1, 0.15) is 0 Å². The van der Waals surface area contributed by atoms with Crippen LogP contribution in [0.3, 0.4) is 0 Å². The highest BCUT2D eigenvalue weighted by molar-refractivity contribution is 5.81. The van der Waals surface area contributed by atoms with Crippen molar-refractivity contribution < 1.29 is 7.54 Å². The van der Waals surface area contributed by atoms with E-state index in [1.807, 2.05) is 0 Å². The van der Waals surface area contributed by atoms with Gasteiger partial charge in [0.25, 0.3) is 0 Å². The zero-order chi connectivity index (χ0) is 5.44. The normalized spacial score (nSPS) is 55.6. The molecule has 0 aromatic carbocycles. The highest BCUT2D eigenvalue weighted by Crippen LogP contribution is 1.85. The second-order valence-electron chi connectivity index (χ2n) is 0.842. The van der Waals surface area contributed by atoms with Crippen LogP contribution in [0.1, 0.15) is 9.14 Å². The van der Waals surface area contributed by atoms with Crippen molar-refractivity contribution in [2.45, 2.75) is 6.40 Å². The molecular weight excluding hydrogens is 66.0 g/mol. The van der Waals surface area contributed by atoms with Crippen molar-refractivity contribution in [3.05, 3.63) is 0 Å². The van der Waals surface area contributed by atoms with Crippen LogP contribution in [0.4, 0.5) is 0 Å². The summed E-state index contributed by atoms with van der Waals surface area (Å²) in [6.45, 7) is -0.674. The first-order valence-corrected chi connectivity index (χ1v) is 1.36. The van der Waals surface area contributed by atoms with Crippen molar-refractivity contribution in [1.82, 2.24) is 5.32 Å². The van der Waals surface area contributed by atoms with Gasteiger partial charge in [0, 0.05) is 15.7 Å². The number of carbonyl (C=O) groups excluding carboxylic acids is 1. The molecule has 0 aromatic rings. The zero-order valence-electron chi connectivity index (χ0n) is 4.56. The predicted molar refractivity (Wildman–Crippen MR) is 17.6 cm³/mol. The SMILES string of the molecule is [2H][C@@H]1C(=O)N[C@@H]1[2H]. The Bertz CT molecular complexity index is 105. The fourth-order valence-corrected chi connectivity index (χ4v) is 0.151. The molecule has 0 spiro atoms. The molecule has 0 radical (unpaired) electrons. The van der Waals surface area contributed by atoms with Crippen molar-refractivity contribution in [3.8, 4) is 0 Å². The summed E-state index contributed by atoms with van der Waals surface area (Å²) in [5.41, 5.74) is 0. The lowest BCUT2D eigenvalue weighted by Crippen LogP contribution is -2.37. The van der Waals surface area contributed by atoms with Gasteiger partial charge in [0.05, 0.1) is 0 Å². The average Bonchev–Trinajstić information content (AvgIpc) is 1.68. The summed E-state index contributed by atoms with van der Waals surface area (Å²) in [6.07, 6.45) is -0.833. The molecule has 5 heavy (non-hydrogen) atoms. The van der Waals surface area contributed by atoms with Gasteiger partial charge in [-0.2, -0.15) is 0 Å².